The third kappa shape index (κ3) is 86.0. The van der Waals surface area contributed by atoms with Gasteiger partial charge in [0.2, 0.25) is 0 Å². The zero-order chi connectivity index (χ0) is 75.4. The number of carbonyl (C=O) groups is 2. The van der Waals surface area contributed by atoms with Gasteiger partial charge in [0.05, 0.1) is 27.7 Å². The molecule has 0 radical (unpaired) electrons. The lowest BCUT2D eigenvalue weighted by Crippen LogP contribution is -2.37. The van der Waals surface area contributed by atoms with Crippen LogP contribution in [0, 0.1) is 0 Å². The molecule has 0 aliphatic heterocycles. The smallest absolute Gasteiger partial charge is 0.462 e. The van der Waals surface area contributed by atoms with Crippen LogP contribution in [0.15, 0.2) is 182 Å². The van der Waals surface area contributed by atoms with E-state index in [0.717, 1.165) is 122 Å². The van der Waals surface area contributed by atoms with Gasteiger partial charge in [-0.2, -0.15) is 0 Å². The highest BCUT2D eigenvalue weighted by atomic mass is 31.2. The van der Waals surface area contributed by atoms with E-state index in [2.05, 4.69) is 196 Å². The Morgan fingerprint density at radius 2 is 0.548 bits per heavy atom. The first-order valence-corrected chi connectivity index (χ1v) is 44.0. The standard InChI is InChI=1S/C94H158NO8P/c1-6-8-10-12-14-16-18-20-22-24-26-28-30-32-34-36-38-40-42-44-46-47-49-50-52-54-56-58-60-62-64-66-68-70-72-74-76-78-80-82-84-86-93(96)100-90-92(91-102-104(98,99)101-89-88-95(3,4)5)103-94(97)87-85-83-81-79-77-75-73-71-69-67-65-63-61-59-57-55-53-51-48-45-43-41-39-37-35-33-31-29-27-25-23-21-19-17-15-13-11-9-7-2/h9,11,15,17-18,20-21,23-24,26-27,29-30,32-33,35,39,41,45,48,53,55,59,61,65,67,71,73,77,79,92H,6-8,10,12-14,16,19,22,25,28,31,34,36-38,40,42-44,46-47,49-52,54,56-58,60,62-64,66,68-70,72,74-76,78,80-91H2,1-5H3/p+1/b11-9-,17-15-,20-18-,23-21-,26-24-,29-27-,32-30-,35-33-,41-39-,48-45-,55-53-,61-59-,67-65-,73-71-,79-77-. The summed E-state index contributed by atoms with van der Waals surface area (Å²) in [5, 5.41) is 0. The third-order valence-electron chi connectivity index (χ3n) is 17.9. The first kappa shape index (κ1) is 99.1. The summed E-state index contributed by atoms with van der Waals surface area (Å²) in [5.41, 5.74) is 0. The molecule has 0 bridgehead atoms. The zero-order valence-corrected chi connectivity index (χ0v) is 68.6. The van der Waals surface area contributed by atoms with Crippen LogP contribution in [-0.4, -0.2) is 74.9 Å². The zero-order valence-electron chi connectivity index (χ0n) is 67.7. The fourth-order valence-corrected chi connectivity index (χ4v) is 12.2. The number of hydrogen-bond donors (Lipinski definition) is 1. The highest BCUT2D eigenvalue weighted by Gasteiger charge is 2.27. The van der Waals surface area contributed by atoms with Gasteiger partial charge in [-0.25, -0.2) is 4.57 Å². The molecule has 2 atom stereocenters. The molecular weight excluding hydrogens is 1300 g/mol. The minimum absolute atomic E-state index is 0.0155. The molecule has 0 rings (SSSR count). The summed E-state index contributed by atoms with van der Waals surface area (Å²) in [6.07, 6.45) is 126. The van der Waals surface area contributed by atoms with E-state index in [1.807, 2.05) is 21.1 Å². The van der Waals surface area contributed by atoms with Gasteiger partial charge in [-0.05, 0) is 141 Å². The van der Waals surface area contributed by atoms with Crippen LogP contribution in [0.3, 0.4) is 0 Å². The maximum atomic E-state index is 12.9. The fraction of sp³-hybridized carbons (Fsp3) is 0.660. The number of quaternary nitrogens is 1. The Bertz CT molecular complexity index is 2420. The normalized spacial score (nSPS) is 13.9. The number of carbonyl (C=O) groups excluding carboxylic acids is 2. The van der Waals surface area contributed by atoms with Crippen LogP contribution in [-0.2, 0) is 32.7 Å². The second-order valence-corrected chi connectivity index (χ2v) is 30.6. The monoisotopic (exact) mass is 1460 g/mol. The van der Waals surface area contributed by atoms with E-state index in [4.69, 9.17) is 18.5 Å². The summed E-state index contributed by atoms with van der Waals surface area (Å²) in [4.78, 5) is 36.0. The minimum Gasteiger partial charge on any atom is -0.462 e. The Hall–Kier alpha value is -4.89. The average Bonchev–Trinajstić information content (AvgIpc) is 0.915. The maximum absolute atomic E-state index is 12.9. The third-order valence-corrected chi connectivity index (χ3v) is 18.9. The van der Waals surface area contributed by atoms with Crippen molar-refractivity contribution in [2.45, 2.75) is 354 Å². The molecule has 10 heteroatoms. The highest BCUT2D eigenvalue weighted by Crippen LogP contribution is 2.43. The van der Waals surface area contributed by atoms with Crippen molar-refractivity contribution in [1.82, 2.24) is 0 Å². The van der Waals surface area contributed by atoms with Gasteiger partial charge >= 0.3 is 19.8 Å². The summed E-state index contributed by atoms with van der Waals surface area (Å²) in [7, 11) is 1.44. The topological polar surface area (TPSA) is 108 Å². The van der Waals surface area contributed by atoms with Gasteiger partial charge in [0, 0.05) is 12.8 Å². The van der Waals surface area contributed by atoms with Crippen molar-refractivity contribution in [2.75, 3.05) is 47.5 Å². The number of hydrogen-bond acceptors (Lipinski definition) is 7. The molecule has 0 saturated heterocycles. The summed E-state index contributed by atoms with van der Waals surface area (Å²) < 4.78 is 34.8. The van der Waals surface area contributed by atoms with E-state index in [9.17, 15) is 19.0 Å². The van der Waals surface area contributed by atoms with Crippen molar-refractivity contribution in [2.24, 2.45) is 0 Å². The van der Waals surface area contributed by atoms with Gasteiger partial charge in [-0.1, -0.05) is 376 Å². The highest BCUT2D eigenvalue weighted by molar-refractivity contribution is 7.47. The quantitative estimate of drug-likeness (QED) is 0.0211. The Labute approximate surface area is 641 Å². The Morgan fingerprint density at radius 1 is 0.308 bits per heavy atom. The lowest BCUT2D eigenvalue weighted by atomic mass is 10.0. The molecule has 0 aliphatic rings. The van der Waals surface area contributed by atoms with Gasteiger partial charge in [-0.3, -0.25) is 18.6 Å². The number of nitrogens with zero attached hydrogens (tertiary/aromatic N) is 1. The van der Waals surface area contributed by atoms with E-state index in [1.54, 1.807) is 0 Å². The lowest BCUT2D eigenvalue weighted by molar-refractivity contribution is -0.870. The molecule has 2 unspecified atom stereocenters. The molecule has 0 amide bonds. The van der Waals surface area contributed by atoms with Gasteiger partial charge < -0.3 is 18.9 Å². The minimum atomic E-state index is -4.42. The first-order chi connectivity index (χ1) is 51.0. The molecule has 0 aromatic heterocycles. The molecule has 104 heavy (non-hydrogen) atoms. The predicted octanol–water partition coefficient (Wildman–Crippen LogP) is 28.9. The molecule has 592 valence electrons. The van der Waals surface area contributed by atoms with E-state index in [-0.39, 0.29) is 32.0 Å². The van der Waals surface area contributed by atoms with E-state index < -0.39 is 26.5 Å². The van der Waals surface area contributed by atoms with E-state index in [1.165, 1.54) is 193 Å². The largest absolute Gasteiger partial charge is 0.472 e. The molecule has 0 fully saturated rings. The Kier molecular flexibility index (Phi) is 78.3. The van der Waals surface area contributed by atoms with Crippen molar-refractivity contribution in [3.8, 4) is 0 Å². The maximum Gasteiger partial charge on any atom is 0.472 e. The number of phosphoric ester groups is 1. The molecule has 0 aliphatic carbocycles. The van der Waals surface area contributed by atoms with Crippen molar-refractivity contribution in [1.29, 1.82) is 0 Å². The number of phosphoric acid groups is 1. The molecular formula is C94H159NO8P+. The number of ether oxygens (including phenoxy) is 2. The molecule has 1 N–H and O–H groups in total. The number of likely N-dealkylation sites (N-methyl/N-ethyl adjacent to an activating group) is 1. The number of allylic oxidation sites excluding steroid dienone is 30. The second kappa shape index (κ2) is 82.2. The van der Waals surface area contributed by atoms with Crippen LogP contribution < -0.4 is 0 Å². The van der Waals surface area contributed by atoms with Crippen LogP contribution in [0.4, 0.5) is 0 Å². The van der Waals surface area contributed by atoms with Crippen LogP contribution in [0.25, 0.3) is 0 Å². The summed E-state index contributed by atoms with van der Waals surface area (Å²) in [6, 6.07) is 0. The lowest BCUT2D eigenvalue weighted by Gasteiger charge is -2.24. The van der Waals surface area contributed by atoms with Crippen molar-refractivity contribution < 1.29 is 42.1 Å². The van der Waals surface area contributed by atoms with Crippen LogP contribution in [0.2, 0.25) is 0 Å². The Morgan fingerprint density at radius 3 is 0.837 bits per heavy atom. The van der Waals surface area contributed by atoms with Crippen molar-refractivity contribution in [3.63, 3.8) is 0 Å². The Balaban J connectivity index is 4.05. The number of unbranched alkanes of at least 4 members (excludes halogenated alkanes) is 33. The van der Waals surface area contributed by atoms with E-state index in [0.29, 0.717) is 17.4 Å². The molecule has 0 aromatic rings. The molecule has 0 spiro atoms. The summed E-state index contributed by atoms with van der Waals surface area (Å²) in [6.45, 7) is 4.27. The molecule has 0 aromatic carbocycles. The average molecular weight is 1460 g/mol. The summed E-state index contributed by atoms with van der Waals surface area (Å²) >= 11 is 0. The predicted molar refractivity (Wildman–Crippen MR) is 454 cm³/mol. The first-order valence-electron chi connectivity index (χ1n) is 42.5. The van der Waals surface area contributed by atoms with Gasteiger partial charge in [0.25, 0.3) is 0 Å². The molecule has 0 heterocycles. The number of rotatable bonds is 77. The van der Waals surface area contributed by atoms with Gasteiger partial charge in [0.15, 0.2) is 6.10 Å². The summed E-state index contributed by atoms with van der Waals surface area (Å²) in [5.74, 6) is -0.849. The molecule has 0 saturated carbocycles. The van der Waals surface area contributed by atoms with Crippen LogP contribution in [0.5, 0.6) is 0 Å². The van der Waals surface area contributed by atoms with E-state index >= 15 is 0 Å². The number of esters is 2. The van der Waals surface area contributed by atoms with Crippen LogP contribution >= 0.6 is 7.82 Å². The van der Waals surface area contributed by atoms with Crippen LogP contribution in [0.1, 0.15) is 348 Å². The van der Waals surface area contributed by atoms with Crippen molar-refractivity contribution >= 4 is 19.8 Å². The SMILES string of the molecule is CC/C=C\C/C=C\C/C=C\C/C=C\C/C=C\C/C=C\C/C=C\C/C=C\C/C=C\C/C=C\C/C=C\C/C=C\CCCCC(=O)OC(COC(=O)CCCCCCCCCCCCCCCCCCCCCCCCCCCC/C=C\C/C=C\C/C=C\CCCCCCC)COP(=O)(O)OCC[N+](C)(C)C. The van der Waals surface area contributed by atoms with Gasteiger partial charge in [-0.15, -0.1) is 0 Å². The van der Waals surface area contributed by atoms with Gasteiger partial charge in [0.1, 0.15) is 19.8 Å². The van der Waals surface area contributed by atoms with Crippen molar-refractivity contribution in [3.05, 3.63) is 182 Å². The fourth-order valence-electron chi connectivity index (χ4n) is 11.5. The second-order valence-electron chi connectivity index (χ2n) is 29.1. The molecule has 9 nitrogen and oxygen atoms in total.